The maximum Gasteiger partial charge on any atom is 0.0670 e. The molecule has 0 unspecified atom stereocenters. The minimum atomic E-state index is -0.398. The summed E-state index contributed by atoms with van der Waals surface area (Å²) in [4.78, 5) is 0. The van der Waals surface area contributed by atoms with Gasteiger partial charge in [-0.05, 0) is 6.42 Å². The summed E-state index contributed by atoms with van der Waals surface area (Å²) in [6.07, 6.45) is 1.56. The molecule has 46 valence electrons. The van der Waals surface area contributed by atoms with Gasteiger partial charge in [-0.15, -0.1) is 0 Å². The van der Waals surface area contributed by atoms with Crippen molar-refractivity contribution in [1.29, 1.82) is 5.26 Å². The highest BCUT2D eigenvalue weighted by atomic mass is 16.3. The molecule has 0 rings (SSSR count). The molecule has 0 aliphatic rings. The van der Waals surface area contributed by atoms with Crippen LogP contribution in [0.15, 0.2) is 0 Å². The lowest BCUT2D eigenvalue weighted by molar-refractivity contribution is 0.168. The molecule has 0 fully saturated rings. The van der Waals surface area contributed by atoms with Crippen molar-refractivity contribution in [3.8, 4) is 6.07 Å². The second-order valence-electron chi connectivity index (χ2n) is 1.80. The molecule has 2 nitrogen and oxygen atoms in total. The molecular formula is C6H11NO. The highest BCUT2D eigenvalue weighted by molar-refractivity contribution is 4.74. The fourth-order valence-corrected chi connectivity index (χ4v) is 0.541. The van der Waals surface area contributed by atoms with E-state index in [1.807, 2.05) is 13.0 Å². The fraction of sp³-hybridized carbons (Fsp3) is 0.833. The predicted octanol–water partition coefficient (Wildman–Crippen LogP) is 1.06. The van der Waals surface area contributed by atoms with Crippen LogP contribution < -0.4 is 0 Å². The van der Waals surface area contributed by atoms with Crippen LogP contribution in [0, 0.1) is 11.3 Å². The van der Waals surface area contributed by atoms with Crippen molar-refractivity contribution in [2.45, 2.75) is 32.3 Å². The summed E-state index contributed by atoms with van der Waals surface area (Å²) in [6, 6.07) is 1.90. The van der Waals surface area contributed by atoms with Gasteiger partial charge < -0.3 is 5.11 Å². The van der Waals surface area contributed by atoms with Crippen LogP contribution in [0.2, 0.25) is 0 Å². The van der Waals surface area contributed by atoms with E-state index in [0.717, 1.165) is 12.8 Å². The number of hydrogen-bond donors (Lipinski definition) is 1. The molecule has 0 amide bonds. The molecule has 0 heterocycles. The molecule has 0 aromatic heterocycles. The Labute approximate surface area is 49.8 Å². The normalized spacial score (nSPS) is 12.6. The van der Waals surface area contributed by atoms with Crippen molar-refractivity contribution < 1.29 is 5.11 Å². The lowest BCUT2D eigenvalue weighted by Crippen LogP contribution is -2.02. The predicted molar refractivity (Wildman–Crippen MR) is 31.1 cm³/mol. The summed E-state index contributed by atoms with van der Waals surface area (Å²) >= 11 is 0. The number of aliphatic hydroxyl groups is 1. The molecule has 1 atom stereocenters. The summed E-state index contributed by atoms with van der Waals surface area (Å²) in [6.45, 7) is 1.99. The summed E-state index contributed by atoms with van der Waals surface area (Å²) in [5, 5.41) is 16.9. The van der Waals surface area contributed by atoms with Crippen molar-refractivity contribution in [1.82, 2.24) is 0 Å². The Morgan fingerprint density at radius 1 is 1.75 bits per heavy atom. The summed E-state index contributed by atoms with van der Waals surface area (Å²) in [5.74, 6) is 0. The first-order valence-corrected chi connectivity index (χ1v) is 2.86. The van der Waals surface area contributed by atoms with Gasteiger partial charge in [0, 0.05) is 0 Å². The van der Waals surface area contributed by atoms with Gasteiger partial charge in [0.25, 0.3) is 0 Å². The maximum atomic E-state index is 8.83. The van der Waals surface area contributed by atoms with E-state index in [4.69, 9.17) is 10.4 Å². The molecule has 0 radical (unpaired) electrons. The molecule has 2 heteroatoms. The van der Waals surface area contributed by atoms with E-state index in [0.29, 0.717) is 0 Å². The SMILES string of the molecule is CCC[C@@H](O)CC#N. The van der Waals surface area contributed by atoms with Gasteiger partial charge in [0.1, 0.15) is 0 Å². The number of nitriles is 1. The van der Waals surface area contributed by atoms with Gasteiger partial charge >= 0.3 is 0 Å². The number of nitrogens with zero attached hydrogens (tertiary/aromatic N) is 1. The molecule has 0 aromatic carbocycles. The zero-order chi connectivity index (χ0) is 6.41. The molecular weight excluding hydrogens is 102 g/mol. The average molecular weight is 113 g/mol. The monoisotopic (exact) mass is 113 g/mol. The van der Waals surface area contributed by atoms with Crippen molar-refractivity contribution in [3.63, 3.8) is 0 Å². The standard InChI is InChI=1S/C6H11NO/c1-2-3-6(8)4-5-7/h6,8H,2-4H2,1H3/t6-/m1/s1. The van der Waals surface area contributed by atoms with E-state index >= 15 is 0 Å². The van der Waals surface area contributed by atoms with Crippen LogP contribution in [0.5, 0.6) is 0 Å². The molecule has 8 heavy (non-hydrogen) atoms. The highest BCUT2D eigenvalue weighted by Crippen LogP contribution is 1.98. The van der Waals surface area contributed by atoms with Gasteiger partial charge in [-0.1, -0.05) is 13.3 Å². The van der Waals surface area contributed by atoms with Gasteiger partial charge in [-0.2, -0.15) is 5.26 Å². The molecule has 0 bridgehead atoms. The van der Waals surface area contributed by atoms with Crippen LogP contribution >= 0.6 is 0 Å². The first kappa shape index (κ1) is 7.45. The van der Waals surface area contributed by atoms with Gasteiger partial charge in [0.2, 0.25) is 0 Å². The number of rotatable bonds is 3. The molecule has 0 aliphatic heterocycles. The Balaban J connectivity index is 3.08. The smallest absolute Gasteiger partial charge is 0.0670 e. The van der Waals surface area contributed by atoms with Crippen molar-refractivity contribution in [2.75, 3.05) is 0 Å². The first-order valence-electron chi connectivity index (χ1n) is 2.86. The average Bonchev–Trinajstić information content (AvgIpc) is 1.68. The highest BCUT2D eigenvalue weighted by Gasteiger charge is 1.98. The summed E-state index contributed by atoms with van der Waals surface area (Å²) in [5.41, 5.74) is 0. The summed E-state index contributed by atoms with van der Waals surface area (Å²) < 4.78 is 0. The van der Waals surface area contributed by atoms with E-state index in [1.54, 1.807) is 0 Å². The van der Waals surface area contributed by atoms with Crippen LogP contribution in [0.3, 0.4) is 0 Å². The van der Waals surface area contributed by atoms with Crippen LogP contribution in [0.25, 0.3) is 0 Å². The van der Waals surface area contributed by atoms with Crippen molar-refractivity contribution in [3.05, 3.63) is 0 Å². The van der Waals surface area contributed by atoms with E-state index < -0.39 is 6.10 Å². The molecule has 0 saturated carbocycles. The van der Waals surface area contributed by atoms with Gasteiger partial charge in [-0.3, -0.25) is 0 Å². The summed E-state index contributed by atoms with van der Waals surface area (Å²) in [7, 11) is 0. The molecule has 0 aromatic rings. The Morgan fingerprint density at radius 3 is 2.75 bits per heavy atom. The van der Waals surface area contributed by atoms with E-state index in [1.165, 1.54) is 0 Å². The Bertz CT molecular complexity index is 85.0. The van der Waals surface area contributed by atoms with Crippen LogP contribution in [-0.4, -0.2) is 11.2 Å². The van der Waals surface area contributed by atoms with Crippen molar-refractivity contribution >= 4 is 0 Å². The molecule has 0 aliphatic carbocycles. The van der Waals surface area contributed by atoms with Gasteiger partial charge in [0.05, 0.1) is 18.6 Å². The Morgan fingerprint density at radius 2 is 2.38 bits per heavy atom. The Hall–Kier alpha value is -0.550. The van der Waals surface area contributed by atoms with Crippen molar-refractivity contribution in [2.24, 2.45) is 0 Å². The second-order valence-corrected chi connectivity index (χ2v) is 1.80. The minimum Gasteiger partial charge on any atom is -0.392 e. The quantitative estimate of drug-likeness (QED) is 0.594. The Kier molecular flexibility index (Phi) is 4.29. The molecule has 0 spiro atoms. The number of hydrogen-bond acceptors (Lipinski definition) is 2. The van der Waals surface area contributed by atoms with E-state index in [-0.39, 0.29) is 6.42 Å². The zero-order valence-corrected chi connectivity index (χ0v) is 5.09. The second kappa shape index (κ2) is 4.61. The topological polar surface area (TPSA) is 44.0 Å². The third kappa shape index (κ3) is 3.63. The first-order chi connectivity index (χ1) is 3.81. The van der Waals surface area contributed by atoms with Gasteiger partial charge in [0.15, 0.2) is 0 Å². The zero-order valence-electron chi connectivity index (χ0n) is 5.09. The number of aliphatic hydroxyl groups excluding tert-OH is 1. The third-order valence-corrected chi connectivity index (χ3v) is 0.949. The maximum absolute atomic E-state index is 8.83. The van der Waals surface area contributed by atoms with Crippen LogP contribution in [0.1, 0.15) is 26.2 Å². The fourth-order valence-electron chi connectivity index (χ4n) is 0.541. The molecule has 0 saturated heterocycles. The third-order valence-electron chi connectivity index (χ3n) is 0.949. The minimum absolute atomic E-state index is 0.272. The van der Waals surface area contributed by atoms with Gasteiger partial charge in [-0.25, -0.2) is 0 Å². The van der Waals surface area contributed by atoms with E-state index in [9.17, 15) is 0 Å². The lowest BCUT2D eigenvalue weighted by atomic mass is 10.2. The largest absolute Gasteiger partial charge is 0.392 e. The van der Waals surface area contributed by atoms with E-state index in [2.05, 4.69) is 0 Å². The van der Waals surface area contributed by atoms with Crippen LogP contribution in [-0.2, 0) is 0 Å². The van der Waals surface area contributed by atoms with Crippen LogP contribution in [0.4, 0.5) is 0 Å². The molecule has 1 N–H and O–H groups in total. The lowest BCUT2D eigenvalue weighted by Gasteiger charge is -2.00.